The molecular weight excluding hydrogens is 256 g/mol. The molecule has 0 aliphatic rings. The topological polar surface area (TPSA) is 71.5 Å². The van der Waals surface area contributed by atoms with Crippen molar-refractivity contribution in [2.45, 2.75) is 6.92 Å². The standard InChI is InChI=1S/C12H11ClN2O3/c1-6-5-7(13)10-8(14-6)3-4-9(18-2)11(10)12(16)15-17/h3-5,17H,1-2H3,(H,15,16). The van der Waals surface area contributed by atoms with Crippen molar-refractivity contribution in [2.24, 2.45) is 0 Å². The zero-order valence-corrected chi connectivity index (χ0v) is 10.6. The summed E-state index contributed by atoms with van der Waals surface area (Å²) in [4.78, 5) is 16.0. The average molecular weight is 267 g/mol. The number of hydroxylamine groups is 1. The molecule has 5 nitrogen and oxygen atoms in total. The molecular formula is C12H11ClN2O3. The average Bonchev–Trinajstić information content (AvgIpc) is 2.36. The second kappa shape index (κ2) is 4.80. The fourth-order valence-electron chi connectivity index (χ4n) is 1.84. The van der Waals surface area contributed by atoms with Crippen LogP contribution in [0.25, 0.3) is 10.9 Å². The minimum atomic E-state index is -0.690. The number of pyridine rings is 1. The Labute approximate surface area is 108 Å². The molecule has 0 atom stereocenters. The van der Waals surface area contributed by atoms with E-state index in [0.717, 1.165) is 5.69 Å². The third-order valence-corrected chi connectivity index (χ3v) is 2.86. The molecule has 2 N–H and O–H groups in total. The summed E-state index contributed by atoms with van der Waals surface area (Å²) in [5.74, 6) is -0.369. The number of ether oxygens (including phenoxy) is 1. The van der Waals surface area contributed by atoms with Crippen molar-refractivity contribution in [3.8, 4) is 5.75 Å². The molecule has 1 amide bonds. The van der Waals surface area contributed by atoms with Crippen molar-refractivity contribution in [3.05, 3.63) is 34.5 Å². The van der Waals surface area contributed by atoms with Gasteiger partial charge in [0.1, 0.15) is 5.75 Å². The first-order valence-corrected chi connectivity index (χ1v) is 5.54. The Kier molecular flexibility index (Phi) is 3.36. The van der Waals surface area contributed by atoms with E-state index in [9.17, 15) is 4.79 Å². The largest absolute Gasteiger partial charge is 0.496 e. The monoisotopic (exact) mass is 266 g/mol. The lowest BCUT2D eigenvalue weighted by Crippen LogP contribution is -2.20. The van der Waals surface area contributed by atoms with Crippen LogP contribution in [0.4, 0.5) is 0 Å². The Morgan fingerprint density at radius 3 is 2.83 bits per heavy atom. The van der Waals surface area contributed by atoms with Crippen LogP contribution in [0.1, 0.15) is 16.1 Å². The first-order valence-electron chi connectivity index (χ1n) is 5.16. The number of hydrogen-bond acceptors (Lipinski definition) is 4. The number of carbonyl (C=O) groups excluding carboxylic acids is 1. The summed E-state index contributed by atoms with van der Waals surface area (Å²) < 4.78 is 5.10. The molecule has 0 spiro atoms. The van der Waals surface area contributed by atoms with Gasteiger partial charge in [0.2, 0.25) is 0 Å². The molecule has 1 aromatic heterocycles. The smallest absolute Gasteiger partial charge is 0.279 e. The van der Waals surface area contributed by atoms with Gasteiger partial charge in [0.25, 0.3) is 5.91 Å². The number of hydrogen-bond donors (Lipinski definition) is 2. The molecule has 0 fully saturated rings. The number of amides is 1. The number of benzene rings is 1. The van der Waals surface area contributed by atoms with Gasteiger partial charge in [0, 0.05) is 11.1 Å². The lowest BCUT2D eigenvalue weighted by atomic mass is 10.1. The van der Waals surface area contributed by atoms with Gasteiger partial charge in [-0.2, -0.15) is 0 Å². The maximum Gasteiger partial charge on any atom is 0.279 e. The fourth-order valence-corrected chi connectivity index (χ4v) is 2.19. The lowest BCUT2D eigenvalue weighted by molar-refractivity contribution is 0.0705. The minimum Gasteiger partial charge on any atom is -0.496 e. The van der Waals surface area contributed by atoms with Crippen LogP contribution >= 0.6 is 11.6 Å². The third kappa shape index (κ3) is 1.98. The quantitative estimate of drug-likeness (QED) is 0.646. The number of methoxy groups -OCH3 is 1. The Morgan fingerprint density at radius 1 is 1.50 bits per heavy atom. The predicted octanol–water partition coefficient (Wildman–Crippen LogP) is 2.32. The normalized spacial score (nSPS) is 10.4. The Bertz CT molecular complexity index is 628. The van der Waals surface area contributed by atoms with Gasteiger partial charge in [-0.15, -0.1) is 0 Å². The molecule has 1 aromatic carbocycles. The van der Waals surface area contributed by atoms with E-state index in [4.69, 9.17) is 21.5 Å². The van der Waals surface area contributed by atoms with E-state index >= 15 is 0 Å². The van der Waals surface area contributed by atoms with Crippen molar-refractivity contribution in [3.63, 3.8) is 0 Å². The lowest BCUT2D eigenvalue weighted by Gasteiger charge is -2.11. The molecule has 2 rings (SSSR count). The van der Waals surface area contributed by atoms with Crippen LogP contribution in [0.15, 0.2) is 18.2 Å². The second-order valence-corrected chi connectivity index (χ2v) is 4.13. The van der Waals surface area contributed by atoms with Gasteiger partial charge in [-0.1, -0.05) is 11.6 Å². The number of nitrogens with one attached hydrogen (secondary N) is 1. The zero-order valence-electron chi connectivity index (χ0n) is 9.82. The summed E-state index contributed by atoms with van der Waals surface area (Å²) in [6.07, 6.45) is 0. The van der Waals surface area contributed by atoms with E-state index in [1.165, 1.54) is 7.11 Å². The molecule has 0 aliphatic heterocycles. The van der Waals surface area contributed by atoms with E-state index in [0.29, 0.717) is 21.7 Å². The second-order valence-electron chi connectivity index (χ2n) is 3.72. The van der Waals surface area contributed by atoms with Crippen molar-refractivity contribution >= 4 is 28.4 Å². The SMILES string of the molecule is COc1ccc2nc(C)cc(Cl)c2c1C(=O)NO. The predicted molar refractivity (Wildman–Crippen MR) is 67.3 cm³/mol. The van der Waals surface area contributed by atoms with Gasteiger partial charge in [0.05, 0.1) is 23.2 Å². The zero-order chi connectivity index (χ0) is 13.3. The summed E-state index contributed by atoms with van der Waals surface area (Å²) in [7, 11) is 1.44. The van der Waals surface area contributed by atoms with Crippen LogP contribution in [0.5, 0.6) is 5.75 Å². The van der Waals surface area contributed by atoms with Gasteiger partial charge in [0.15, 0.2) is 0 Å². The summed E-state index contributed by atoms with van der Waals surface area (Å²) in [5.41, 5.74) is 3.06. The van der Waals surface area contributed by atoms with Crippen molar-refractivity contribution < 1.29 is 14.7 Å². The number of carbonyl (C=O) groups is 1. The van der Waals surface area contributed by atoms with Gasteiger partial charge in [-0.05, 0) is 25.1 Å². The van der Waals surface area contributed by atoms with Crippen molar-refractivity contribution in [2.75, 3.05) is 7.11 Å². The highest BCUT2D eigenvalue weighted by atomic mass is 35.5. The van der Waals surface area contributed by atoms with Gasteiger partial charge in [-0.25, -0.2) is 5.48 Å². The maximum absolute atomic E-state index is 11.7. The number of nitrogens with zero attached hydrogens (tertiary/aromatic N) is 1. The van der Waals surface area contributed by atoms with E-state index in [1.54, 1.807) is 30.6 Å². The first kappa shape index (κ1) is 12.6. The molecule has 0 unspecified atom stereocenters. The van der Waals surface area contributed by atoms with Gasteiger partial charge >= 0.3 is 0 Å². The number of rotatable bonds is 2. The third-order valence-electron chi connectivity index (χ3n) is 2.56. The number of aromatic nitrogens is 1. The van der Waals surface area contributed by atoms with Crippen LogP contribution in [0.3, 0.4) is 0 Å². The van der Waals surface area contributed by atoms with Crippen LogP contribution in [0, 0.1) is 6.92 Å². The van der Waals surface area contributed by atoms with E-state index < -0.39 is 5.91 Å². The molecule has 0 radical (unpaired) electrons. The maximum atomic E-state index is 11.7. The molecule has 1 heterocycles. The Balaban J connectivity index is 2.89. The first-order chi connectivity index (χ1) is 8.58. The van der Waals surface area contributed by atoms with Crippen molar-refractivity contribution in [1.82, 2.24) is 10.5 Å². The summed E-state index contributed by atoms with van der Waals surface area (Å²) in [5, 5.41) is 9.63. The van der Waals surface area contributed by atoms with Gasteiger partial charge in [-0.3, -0.25) is 15.0 Å². The summed E-state index contributed by atoms with van der Waals surface area (Å²) in [6.45, 7) is 1.81. The summed E-state index contributed by atoms with van der Waals surface area (Å²) >= 11 is 6.14. The van der Waals surface area contributed by atoms with Crippen LogP contribution < -0.4 is 10.2 Å². The molecule has 2 aromatic rings. The van der Waals surface area contributed by atoms with E-state index in [-0.39, 0.29) is 5.56 Å². The van der Waals surface area contributed by atoms with Crippen molar-refractivity contribution in [1.29, 1.82) is 0 Å². The van der Waals surface area contributed by atoms with Crippen LogP contribution in [-0.2, 0) is 0 Å². The minimum absolute atomic E-state index is 0.162. The highest BCUT2D eigenvalue weighted by Crippen LogP contribution is 2.32. The number of aryl methyl sites for hydroxylation is 1. The Hall–Kier alpha value is -1.85. The number of halogens is 1. The van der Waals surface area contributed by atoms with Crippen LogP contribution in [0.2, 0.25) is 5.02 Å². The molecule has 6 heteroatoms. The van der Waals surface area contributed by atoms with Gasteiger partial charge < -0.3 is 4.74 Å². The molecule has 0 aliphatic carbocycles. The van der Waals surface area contributed by atoms with E-state index in [1.807, 2.05) is 0 Å². The van der Waals surface area contributed by atoms with Crippen LogP contribution in [-0.4, -0.2) is 23.2 Å². The fraction of sp³-hybridized carbons (Fsp3) is 0.167. The highest BCUT2D eigenvalue weighted by Gasteiger charge is 2.19. The molecule has 0 saturated heterocycles. The summed E-state index contributed by atoms with van der Waals surface area (Å²) in [6, 6.07) is 4.97. The number of fused-ring (bicyclic) bond motifs is 1. The Morgan fingerprint density at radius 2 is 2.22 bits per heavy atom. The molecule has 94 valence electrons. The molecule has 0 bridgehead atoms. The molecule has 18 heavy (non-hydrogen) atoms. The molecule has 0 saturated carbocycles. The van der Waals surface area contributed by atoms with E-state index in [2.05, 4.69) is 4.98 Å². The highest BCUT2D eigenvalue weighted by molar-refractivity contribution is 6.37.